The summed E-state index contributed by atoms with van der Waals surface area (Å²) in [5.74, 6) is 2.09. The van der Waals surface area contributed by atoms with Crippen LogP contribution in [0, 0.1) is 0 Å². The van der Waals surface area contributed by atoms with Crippen LogP contribution in [0.2, 0.25) is 0 Å². The minimum Gasteiger partial charge on any atom is -0.457 e. The molecule has 1 aliphatic rings. The van der Waals surface area contributed by atoms with Gasteiger partial charge in [-0.05, 0) is 148 Å². The number of para-hydroxylation sites is 3. The molecular weight excluding hydrogens is 1030 g/mol. The highest BCUT2D eigenvalue weighted by Crippen LogP contribution is 2.47. The first-order valence-corrected chi connectivity index (χ1v) is 29.7. The van der Waals surface area contributed by atoms with Gasteiger partial charge in [-0.3, -0.25) is 4.57 Å². The predicted octanol–water partition coefficient (Wildman–Crippen LogP) is 22.4. The number of hydrogen-bond acceptors (Lipinski definition) is 3. The molecule has 3 aromatic heterocycles. The Bertz CT molecular complexity index is 5040. The van der Waals surface area contributed by atoms with Gasteiger partial charge in [-0.15, -0.1) is 0 Å². The number of hydrogen-bond donors (Lipinski definition) is 0. The summed E-state index contributed by atoms with van der Waals surface area (Å²) in [4.78, 5) is 7.21. The summed E-state index contributed by atoms with van der Waals surface area (Å²) in [7, 11) is 0. The van der Waals surface area contributed by atoms with E-state index in [4.69, 9.17) is 22.1 Å². The third kappa shape index (κ3) is 9.99. The van der Waals surface area contributed by atoms with Gasteiger partial charge in [0.15, 0.2) is 0 Å². The van der Waals surface area contributed by atoms with Crippen molar-refractivity contribution in [2.45, 2.75) is 137 Å². The highest BCUT2D eigenvalue weighted by molar-refractivity contribution is 6.22. The number of ether oxygens (including phenoxy) is 1. The average molecular weight is 1120 g/mol. The van der Waals surface area contributed by atoms with Crippen LogP contribution in [-0.4, -0.2) is 14.1 Å². The fraction of sp³-hybridized carbons (Fsp3) is 0.263. The topological polar surface area (TPSA) is 35.2 Å². The Kier molecular flexibility index (Phi) is 10.7. The Balaban J connectivity index is 1.08. The molecule has 0 aliphatic carbocycles. The molecule has 4 heterocycles. The number of aromatic nitrogens is 3. The van der Waals surface area contributed by atoms with E-state index in [0.717, 1.165) is 93.5 Å². The molecule has 5 heteroatoms. The SMILES string of the molecule is [2H]C([2H])([2H])C(c1cc(-c2cccc3c4ccccc4c4cc(-c5cc(C(C)(C)C)cc(C(C)(C)C)c5)ccc4c4cccc5c4n(c23)CN5c2cccc(Oc3ccc4c5ccccc5n(-c5cc(C(C)(C)C)ccn5)c4c3)c2)cc(C(C)(C)C)c1)(C([2H])([2H])[2H])C([2H])([2H])[2H]. The summed E-state index contributed by atoms with van der Waals surface area (Å²) >= 11 is 0. The molecule has 0 saturated carbocycles. The van der Waals surface area contributed by atoms with Crippen LogP contribution in [0.1, 0.15) is 144 Å². The molecule has 426 valence electrons. The summed E-state index contributed by atoms with van der Waals surface area (Å²) in [6.45, 7) is 15.9. The molecule has 0 spiro atoms. The second-order valence-corrected chi connectivity index (χ2v) is 27.6. The van der Waals surface area contributed by atoms with E-state index in [1.54, 1.807) is 0 Å². The molecule has 0 saturated heterocycles. The first kappa shape index (κ1) is 45.7. The Morgan fingerprint density at radius 3 is 1.60 bits per heavy atom. The van der Waals surface area contributed by atoms with E-state index in [9.17, 15) is 0 Å². The van der Waals surface area contributed by atoms with Crippen LogP contribution >= 0.6 is 0 Å². The number of pyridine rings is 1. The molecule has 0 amide bonds. The van der Waals surface area contributed by atoms with Crippen LogP contribution in [0.25, 0.3) is 93.2 Å². The molecule has 0 N–H and O–H groups in total. The van der Waals surface area contributed by atoms with Crippen molar-refractivity contribution in [2.75, 3.05) is 4.90 Å². The maximum absolute atomic E-state index is 8.94. The van der Waals surface area contributed by atoms with Crippen LogP contribution in [0.3, 0.4) is 0 Å². The Labute approximate surface area is 515 Å². The van der Waals surface area contributed by atoms with E-state index >= 15 is 0 Å². The monoisotopic (exact) mass is 1120 g/mol. The van der Waals surface area contributed by atoms with Crippen LogP contribution in [0.5, 0.6) is 11.5 Å². The molecule has 9 aromatic carbocycles. The highest BCUT2D eigenvalue weighted by Gasteiger charge is 2.29. The van der Waals surface area contributed by atoms with Gasteiger partial charge in [-0.2, -0.15) is 0 Å². The molecule has 13 rings (SSSR count). The zero-order valence-electron chi connectivity index (χ0n) is 60.0. The van der Waals surface area contributed by atoms with Gasteiger partial charge in [0.25, 0.3) is 0 Å². The van der Waals surface area contributed by atoms with Crippen molar-refractivity contribution < 1.29 is 17.1 Å². The van der Waals surface area contributed by atoms with Crippen LogP contribution < -0.4 is 9.64 Å². The molecule has 12 aromatic rings. The van der Waals surface area contributed by atoms with E-state index in [1.807, 2.05) is 69.4 Å². The summed E-state index contributed by atoms with van der Waals surface area (Å²) in [5, 5.41) is 7.97. The van der Waals surface area contributed by atoms with Gasteiger partial charge < -0.3 is 14.2 Å². The molecule has 0 unspecified atom stereocenters. The van der Waals surface area contributed by atoms with Crippen LogP contribution in [0.4, 0.5) is 11.4 Å². The number of nitrogens with zero attached hydrogens (tertiary/aromatic N) is 4. The van der Waals surface area contributed by atoms with Crippen molar-refractivity contribution in [3.05, 3.63) is 228 Å². The lowest BCUT2D eigenvalue weighted by molar-refractivity contribution is 0.483. The summed E-state index contributed by atoms with van der Waals surface area (Å²) in [5.41, 5.74) is 8.45. The molecule has 85 heavy (non-hydrogen) atoms. The summed E-state index contributed by atoms with van der Waals surface area (Å²) < 4.78 is 92.0. The van der Waals surface area contributed by atoms with Gasteiger partial charge >= 0.3 is 0 Å². The van der Waals surface area contributed by atoms with Gasteiger partial charge in [-0.1, -0.05) is 231 Å². The van der Waals surface area contributed by atoms with E-state index in [2.05, 4.69) is 216 Å². The zero-order valence-corrected chi connectivity index (χ0v) is 51.0. The molecular formula is C80H80N4O. The number of rotatable bonds is 6. The summed E-state index contributed by atoms with van der Waals surface area (Å²) in [6, 6.07) is 66.8. The van der Waals surface area contributed by atoms with Crippen molar-refractivity contribution >= 4 is 76.5 Å². The quantitative estimate of drug-likeness (QED) is 0.166. The molecule has 0 bridgehead atoms. The first-order valence-electron chi connectivity index (χ1n) is 34.2. The van der Waals surface area contributed by atoms with Gasteiger partial charge in [0.05, 0.1) is 27.8 Å². The third-order valence-corrected chi connectivity index (χ3v) is 17.4. The van der Waals surface area contributed by atoms with E-state index in [0.29, 0.717) is 28.2 Å². The number of anilines is 2. The maximum Gasteiger partial charge on any atom is 0.137 e. The minimum absolute atomic E-state index is 0.0908. The molecule has 1 aliphatic heterocycles. The molecule has 5 nitrogen and oxygen atoms in total. The van der Waals surface area contributed by atoms with Crippen molar-refractivity contribution in [3.63, 3.8) is 0 Å². The van der Waals surface area contributed by atoms with Crippen molar-refractivity contribution in [3.8, 4) is 39.6 Å². The minimum atomic E-state index is -3.49. The molecule has 0 fully saturated rings. The lowest BCUT2D eigenvalue weighted by Crippen LogP contribution is -2.17. The van der Waals surface area contributed by atoms with Crippen LogP contribution in [0.15, 0.2) is 200 Å². The second kappa shape index (κ2) is 20.0. The Hall–Kier alpha value is -8.67. The van der Waals surface area contributed by atoms with E-state index in [1.165, 1.54) is 28.8 Å². The first-order chi connectivity index (χ1) is 44.0. The zero-order chi connectivity index (χ0) is 67.2. The van der Waals surface area contributed by atoms with Gasteiger partial charge in [0.1, 0.15) is 24.0 Å². The van der Waals surface area contributed by atoms with Crippen molar-refractivity contribution in [1.82, 2.24) is 14.1 Å². The molecule has 0 radical (unpaired) electrons. The lowest BCUT2D eigenvalue weighted by atomic mass is 9.78. The van der Waals surface area contributed by atoms with Gasteiger partial charge in [0, 0.05) is 63.5 Å². The molecule has 0 atom stereocenters. The van der Waals surface area contributed by atoms with E-state index in [-0.39, 0.29) is 28.5 Å². The predicted molar refractivity (Wildman–Crippen MR) is 364 cm³/mol. The van der Waals surface area contributed by atoms with Crippen LogP contribution in [-0.2, 0) is 33.7 Å². The average Bonchev–Trinajstić information content (AvgIpc) is 0.853. The van der Waals surface area contributed by atoms with E-state index < -0.39 is 31.4 Å². The standard InChI is InChI=1S/C80H80N4O/c1-76(2,3)53-37-38-81-73(46-53)84-70-31-19-18-27-65(70)66-36-34-60(48-72(66)84)85-59-24-20-23-58(47-59)82-49-83-74-61(52-41-56(79(10,11)12)45-57(42-52)80(13,14)15)28-21-29-67(74)62-25-16-17-26-63(62)69-43-50(33-35-64(69)68-30-22-32-71(82)75(68)83)51-39-54(77(4,5)6)44-55(40-51)78(7,8)9/h16-48H,49H2,1-15H3/i10D3,11D3,12D3. The van der Waals surface area contributed by atoms with Crippen molar-refractivity contribution in [1.29, 1.82) is 0 Å². The Morgan fingerprint density at radius 2 is 0.929 bits per heavy atom. The lowest BCUT2D eigenvalue weighted by Gasteiger charge is -2.27. The number of benzene rings is 9. The fourth-order valence-electron chi connectivity index (χ4n) is 12.6. The smallest absolute Gasteiger partial charge is 0.137 e. The largest absolute Gasteiger partial charge is 0.457 e. The Morgan fingerprint density at radius 1 is 0.388 bits per heavy atom. The second-order valence-electron chi connectivity index (χ2n) is 27.6. The third-order valence-electron chi connectivity index (χ3n) is 17.4. The summed E-state index contributed by atoms with van der Waals surface area (Å²) in [6.07, 6.45) is 1.89. The van der Waals surface area contributed by atoms with Crippen molar-refractivity contribution in [2.24, 2.45) is 0 Å². The fourth-order valence-corrected chi connectivity index (χ4v) is 12.6. The van der Waals surface area contributed by atoms with Gasteiger partial charge in [-0.25, -0.2) is 4.98 Å². The highest BCUT2D eigenvalue weighted by atomic mass is 16.5. The normalized spacial score (nSPS) is 15.3. The van der Waals surface area contributed by atoms with Gasteiger partial charge in [0.2, 0.25) is 0 Å². The maximum atomic E-state index is 8.94. The number of fused-ring (bicyclic) bond motifs is 10.